The largest absolute Gasteiger partial charge is 0.497 e. The van der Waals surface area contributed by atoms with E-state index in [2.05, 4.69) is 31.9 Å². The van der Waals surface area contributed by atoms with Crippen molar-refractivity contribution >= 4 is 11.3 Å². The molecule has 3 rings (SSSR count). The molecule has 0 fully saturated rings. The van der Waals surface area contributed by atoms with Crippen molar-refractivity contribution in [2.75, 3.05) is 14.2 Å². The Labute approximate surface area is 133 Å². The highest BCUT2D eigenvalue weighted by atomic mass is 32.1. The van der Waals surface area contributed by atoms with Crippen molar-refractivity contribution in [1.82, 2.24) is 15.0 Å². The Hall–Kier alpha value is -2.18. The molecule has 2 aromatic heterocycles. The lowest BCUT2D eigenvalue weighted by atomic mass is 10.2. The SMILES string of the molecule is COc1cccc(-c2noc(CN(C)Cc3ccsc3)n2)c1. The Balaban J connectivity index is 1.68. The van der Waals surface area contributed by atoms with Crippen molar-refractivity contribution in [2.45, 2.75) is 13.1 Å². The highest BCUT2D eigenvalue weighted by Crippen LogP contribution is 2.21. The van der Waals surface area contributed by atoms with E-state index >= 15 is 0 Å². The molecule has 0 aliphatic heterocycles. The van der Waals surface area contributed by atoms with Crippen molar-refractivity contribution in [1.29, 1.82) is 0 Å². The van der Waals surface area contributed by atoms with Crippen LogP contribution < -0.4 is 4.74 Å². The number of thiophene rings is 1. The Bertz CT molecular complexity index is 725. The summed E-state index contributed by atoms with van der Waals surface area (Å²) < 4.78 is 10.6. The molecule has 0 spiro atoms. The summed E-state index contributed by atoms with van der Waals surface area (Å²) >= 11 is 1.70. The van der Waals surface area contributed by atoms with Crippen molar-refractivity contribution in [3.63, 3.8) is 0 Å². The van der Waals surface area contributed by atoms with E-state index in [1.165, 1.54) is 5.56 Å². The Morgan fingerprint density at radius 2 is 2.18 bits per heavy atom. The van der Waals surface area contributed by atoms with Gasteiger partial charge in [0.1, 0.15) is 5.75 Å². The lowest BCUT2D eigenvalue weighted by Crippen LogP contribution is -2.16. The molecule has 0 unspecified atom stereocenters. The number of rotatable bonds is 6. The van der Waals surface area contributed by atoms with Gasteiger partial charge in [0.2, 0.25) is 11.7 Å². The van der Waals surface area contributed by atoms with Gasteiger partial charge in [-0.1, -0.05) is 17.3 Å². The molecule has 0 radical (unpaired) electrons. The van der Waals surface area contributed by atoms with Gasteiger partial charge in [-0.25, -0.2) is 0 Å². The predicted octanol–water partition coefficient (Wildman–Crippen LogP) is 3.44. The van der Waals surface area contributed by atoms with Crippen LogP contribution in [0.2, 0.25) is 0 Å². The van der Waals surface area contributed by atoms with Crippen LogP contribution in [0.5, 0.6) is 5.75 Å². The molecule has 0 N–H and O–H groups in total. The first-order chi connectivity index (χ1) is 10.7. The fourth-order valence-electron chi connectivity index (χ4n) is 2.18. The number of benzene rings is 1. The van der Waals surface area contributed by atoms with E-state index in [-0.39, 0.29) is 0 Å². The quantitative estimate of drug-likeness (QED) is 0.697. The fraction of sp³-hybridized carbons (Fsp3) is 0.250. The Kier molecular flexibility index (Phi) is 4.50. The second kappa shape index (κ2) is 6.72. The van der Waals surface area contributed by atoms with Crippen molar-refractivity contribution in [2.24, 2.45) is 0 Å². The molecule has 0 saturated heterocycles. The Morgan fingerprint density at radius 3 is 2.95 bits per heavy atom. The zero-order valence-electron chi connectivity index (χ0n) is 12.5. The third-order valence-electron chi connectivity index (χ3n) is 3.23. The number of hydrogen-bond acceptors (Lipinski definition) is 6. The number of hydrogen-bond donors (Lipinski definition) is 0. The van der Waals surface area contributed by atoms with E-state index in [0.717, 1.165) is 17.9 Å². The summed E-state index contributed by atoms with van der Waals surface area (Å²) in [6.45, 7) is 1.48. The van der Waals surface area contributed by atoms with Gasteiger partial charge in [-0.2, -0.15) is 16.3 Å². The lowest BCUT2D eigenvalue weighted by molar-refractivity contribution is 0.261. The predicted molar refractivity (Wildman–Crippen MR) is 85.8 cm³/mol. The minimum atomic E-state index is 0.581. The summed E-state index contributed by atoms with van der Waals surface area (Å²) in [5, 5.41) is 8.27. The van der Waals surface area contributed by atoms with Crippen LogP contribution in [0.15, 0.2) is 45.6 Å². The summed E-state index contributed by atoms with van der Waals surface area (Å²) in [5.74, 6) is 1.96. The van der Waals surface area contributed by atoms with Gasteiger partial charge < -0.3 is 9.26 Å². The first-order valence-electron chi connectivity index (χ1n) is 6.91. The molecule has 22 heavy (non-hydrogen) atoms. The number of ether oxygens (including phenoxy) is 1. The molecular weight excluding hydrogens is 298 g/mol. The van der Waals surface area contributed by atoms with Crippen LogP contribution in [-0.4, -0.2) is 29.2 Å². The maximum absolute atomic E-state index is 5.34. The highest BCUT2D eigenvalue weighted by molar-refractivity contribution is 7.07. The maximum Gasteiger partial charge on any atom is 0.241 e. The molecule has 0 aliphatic carbocycles. The molecule has 2 heterocycles. The van der Waals surface area contributed by atoms with Gasteiger partial charge in [0.15, 0.2) is 0 Å². The van der Waals surface area contributed by atoms with Crippen LogP contribution in [0.3, 0.4) is 0 Å². The maximum atomic E-state index is 5.34. The molecule has 0 saturated carbocycles. The van der Waals surface area contributed by atoms with Gasteiger partial charge in [0, 0.05) is 12.1 Å². The molecule has 1 aromatic carbocycles. The second-order valence-electron chi connectivity index (χ2n) is 5.05. The standard InChI is InChI=1S/C16H17N3O2S/c1-19(9-12-6-7-22-11-12)10-15-17-16(18-21-15)13-4-3-5-14(8-13)20-2/h3-8,11H,9-10H2,1-2H3. The third kappa shape index (κ3) is 3.52. The number of methoxy groups -OCH3 is 1. The van der Waals surface area contributed by atoms with E-state index in [4.69, 9.17) is 9.26 Å². The van der Waals surface area contributed by atoms with Crippen LogP contribution in [0.25, 0.3) is 11.4 Å². The van der Waals surface area contributed by atoms with Gasteiger partial charge in [-0.3, -0.25) is 4.90 Å². The van der Waals surface area contributed by atoms with E-state index in [9.17, 15) is 0 Å². The monoisotopic (exact) mass is 315 g/mol. The van der Waals surface area contributed by atoms with Crippen molar-refractivity contribution < 1.29 is 9.26 Å². The Morgan fingerprint density at radius 1 is 1.27 bits per heavy atom. The average Bonchev–Trinajstić information content (AvgIpc) is 3.19. The van der Waals surface area contributed by atoms with Gasteiger partial charge in [0.05, 0.1) is 13.7 Å². The van der Waals surface area contributed by atoms with Gasteiger partial charge in [-0.15, -0.1) is 0 Å². The molecular formula is C16H17N3O2S. The topological polar surface area (TPSA) is 51.4 Å². The first kappa shape index (κ1) is 14.7. The van der Waals surface area contributed by atoms with E-state index in [0.29, 0.717) is 18.3 Å². The summed E-state index contributed by atoms with van der Waals surface area (Å²) in [6, 6.07) is 9.75. The average molecular weight is 315 g/mol. The molecule has 114 valence electrons. The summed E-state index contributed by atoms with van der Waals surface area (Å²) in [4.78, 5) is 6.60. The fourth-order valence-corrected chi connectivity index (χ4v) is 2.84. The van der Waals surface area contributed by atoms with Crippen LogP contribution >= 0.6 is 11.3 Å². The second-order valence-corrected chi connectivity index (χ2v) is 5.83. The highest BCUT2D eigenvalue weighted by Gasteiger charge is 2.11. The van der Waals surface area contributed by atoms with Crippen molar-refractivity contribution in [3.8, 4) is 17.1 Å². The normalized spacial score (nSPS) is 11.0. The molecule has 0 amide bonds. The lowest BCUT2D eigenvalue weighted by Gasteiger charge is -2.12. The van der Waals surface area contributed by atoms with Crippen LogP contribution in [0.4, 0.5) is 0 Å². The van der Waals surface area contributed by atoms with Crippen LogP contribution in [-0.2, 0) is 13.1 Å². The van der Waals surface area contributed by atoms with Crippen LogP contribution in [0.1, 0.15) is 11.5 Å². The van der Waals surface area contributed by atoms with Gasteiger partial charge >= 0.3 is 0 Å². The van der Waals surface area contributed by atoms with E-state index < -0.39 is 0 Å². The summed E-state index contributed by atoms with van der Waals surface area (Å²) in [6.07, 6.45) is 0. The summed E-state index contributed by atoms with van der Waals surface area (Å²) in [5.41, 5.74) is 2.18. The molecule has 3 aromatic rings. The number of nitrogens with zero attached hydrogens (tertiary/aromatic N) is 3. The zero-order valence-corrected chi connectivity index (χ0v) is 13.3. The minimum Gasteiger partial charge on any atom is -0.497 e. The third-order valence-corrected chi connectivity index (χ3v) is 3.97. The summed E-state index contributed by atoms with van der Waals surface area (Å²) in [7, 11) is 3.67. The molecule has 5 nitrogen and oxygen atoms in total. The molecule has 6 heteroatoms. The molecule has 0 atom stereocenters. The van der Waals surface area contributed by atoms with E-state index in [1.54, 1.807) is 18.4 Å². The zero-order chi connectivity index (χ0) is 15.4. The first-order valence-corrected chi connectivity index (χ1v) is 7.85. The van der Waals surface area contributed by atoms with E-state index in [1.807, 2.05) is 31.3 Å². The molecule has 0 aliphatic rings. The molecule has 0 bridgehead atoms. The van der Waals surface area contributed by atoms with Gasteiger partial charge in [0.25, 0.3) is 0 Å². The smallest absolute Gasteiger partial charge is 0.241 e. The van der Waals surface area contributed by atoms with Crippen molar-refractivity contribution in [3.05, 3.63) is 52.5 Å². The number of aromatic nitrogens is 2. The minimum absolute atomic E-state index is 0.581. The van der Waals surface area contributed by atoms with Gasteiger partial charge in [-0.05, 0) is 41.6 Å². The van der Waals surface area contributed by atoms with Crippen LogP contribution in [0, 0.1) is 0 Å².